The quantitative estimate of drug-likeness (QED) is 0.697. The number of nitrogens with zero attached hydrogens (tertiary/aromatic N) is 8. The Kier molecular flexibility index (Phi) is 3.46. The standard InChI is InChI=1S/C16H16N8/c1-12-11-24-14(19-12)2-3-15(21-24)22-6-8-23(9-7-22)16-18-5-4-13(10-17)20-16/h2-5,11H,6-9H2,1H3. The summed E-state index contributed by atoms with van der Waals surface area (Å²) in [4.78, 5) is 17.3. The van der Waals surface area contributed by atoms with Crippen molar-refractivity contribution in [1.29, 1.82) is 5.26 Å². The second kappa shape index (κ2) is 5.77. The van der Waals surface area contributed by atoms with E-state index in [1.807, 2.05) is 29.8 Å². The number of hydrogen-bond acceptors (Lipinski definition) is 7. The fourth-order valence-electron chi connectivity index (χ4n) is 2.86. The van der Waals surface area contributed by atoms with E-state index < -0.39 is 0 Å². The van der Waals surface area contributed by atoms with Crippen molar-refractivity contribution in [3.63, 3.8) is 0 Å². The van der Waals surface area contributed by atoms with Gasteiger partial charge in [0, 0.05) is 32.4 Å². The molecule has 1 aliphatic heterocycles. The Balaban J connectivity index is 1.49. The van der Waals surface area contributed by atoms with Gasteiger partial charge in [0.1, 0.15) is 17.6 Å². The van der Waals surface area contributed by atoms with Crippen molar-refractivity contribution in [3.05, 3.63) is 42.0 Å². The molecule has 1 aliphatic rings. The Morgan fingerprint density at radius 1 is 1.04 bits per heavy atom. The molecule has 0 bridgehead atoms. The van der Waals surface area contributed by atoms with Gasteiger partial charge in [-0.1, -0.05) is 0 Å². The molecule has 0 aliphatic carbocycles. The molecule has 0 radical (unpaired) electrons. The summed E-state index contributed by atoms with van der Waals surface area (Å²) in [6.07, 6.45) is 3.56. The topological polar surface area (TPSA) is 86.2 Å². The van der Waals surface area contributed by atoms with Crippen LogP contribution in [0.4, 0.5) is 11.8 Å². The van der Waals surface area contributed by atoms with E-state index in [9.17, 15) is 0 Å². The highest BCUT2D eigenvalue weighted by molar-refractivity contribution is 5.48. The van der Waals surface area contributed by atoms with Crippen LogP contribution in [0.25, 0.3) is 5.65 Å². The summed E-state index contributed by atoms with van der Waals surface area (Å²) in [7, 11) is 0. The smallest absolute Gasteiger partial charge is 0.226 e. The SMILES string of the molecule is Cc1cn2nc(N3CCN(c4nccc(C#N)n4)CC3)ccc2n1. The maximum atomic E-state index is 8.96. The Morgan fingerprint density at radius 3 is 2.62 bits per heavy atom. The highest BCUT2D eigenvalue weighted by Gasteiger charge is 2.20. The first-order valence-electron chi connectivity index (χ1n) is 7.79. The molecule has 8 nitrogen and oxygen atoms in total. The van der Waals surface area contributed by atoms with Crippen LogP contribution in [0, 0.1) is 18.3 Å². The van der Waals surface area contributed by atoms with Crippen LogP contribution in [-0.4, -0.2) is 50.7 Å². The van der Waals surface area contributed by atoms with Gasteiger partial charge in [0.25, 0.3) is 0 Å². The average molecular weight is 320 g/mol. The van der Waals surface area contributed by atoms with Crippen molar-refractivity contribution in [2.24, 2.45) is 0 Å². The largest absolute Gasteiger partial charge is 0.352 e. The van der Waals surface area contributed by atoms with Crippen LogP contribution in [0.3, 0.4) is 0 Å². The highest BCUT2D eigenvalue weighted by Crippen LogP contribution is 2.17. The fourth-order valence-corrected chi connectivity index (χ4v) is 2.86. The van der Waals surface area contributed by atoms with Crippen molar-refractivity contribution in [2.45, 2.75) is 6.92 Å². The van der Waals surface area contributed by atoms with Crippen molar-refractivity contribution in [1.82, 2.24) is 24.6 Å². The molecule has 0 amide bonds. The molecule has 8 heteroatoms. The number of aromatic nitrogens is 5. The van der Waals surface area contributed by atoms with Gasteiger partial charge in [-0.25, -0.2) is 19.5 Å². The molecule has 0 aromatic carbocycles. The normalized spacial score (nSPS) is 14.8. The van der Waals surface area contributed by atoms with E-state index >= 15 is 0 Å². The highest BCUT2D eigenvalue weighted by atomic mass is 15.4. The molecule has 0 spiro atoms. The van der Waals surface area contributed by atoms with E-state index in [4.69, 9.17) is 5.26 Å². The molecular formula is C16H16N8. The Bertz CT molecular complexity index is 917. The number of hydrogen-bond donors (Lipinski definition) is 0. The van der Waals surface area contributed by atoms with Crippen LogP contribution in [-0.2, 0) is 0 Å². The molecule has 0 N–H and O–H groups in total. The average Bonchev–Trinajstić information content (AvgIpc) is 3.01. The number of rotatable bonds is 2. The van der Waals surface area contributed by atoms with E-state index in [2.05, 4.69) is 35.9 Å². The lowest BCUT2D eigenvalue weighted by Gasteiger charge is -2.35. The molecule has 24 heavy (non-hydrogen) atoms. The van der Waals surface area contributed by atoms with Gasteiger partial charge in [-0.3, -0.25) is 0 Å². The third-order valence-corrected chi connectivity index (χ3v) is 4.07. The van der Waals surface area contributed by atoms with Crippen LogP contribution in [0.1, 0.15) is 11.4 Å². The van der Waals surface area contributed by atoms with E-state index in [1.165, 1.54) is 0 Å². The van der Waals surface area contributed by atoms with E-state index in [1.54, 1.807) is 12.3 Å². The molecule has 0 atom stereocenters. The Labute approximate surface area is 139 Å². The van der Waals surface area contributed by atoms with Gasteiger partial charge < -0.3 is 9.80 Å². The molecule has 4 heterocycles. The zero-order chi connectivity index (χ0) is 16.5. The van der Waals surface area contributed by atoms with Gasteiger partial charge in [0.05, 0.1) is 11.9 Å². The molecule has 120 valence electrons. The summed E-state index contributed by atoms with van der Waals surface area (Å²) in [5, 5.41) is 13.6. The molecular weight excluding hydrogens is 304 g/mol. The summed E-state index contributed by atoms with van der Waals surface area (Å²) in [6.45, 7) is 5.19. The minimum Gasteiger partial charge on any atom is -0.352 e. The first kappa shape index (κ1) is 14.4. The second-order valence-corrected chi connectivity index (χ2v) is 5.70. The number of aryl methyl sites for hydroxylation is 1. The number of piperazine rings is 1. The zero-order valence-electron chi connectivity index (χ0n) is 13.3. The van der Waals surface area contributed by atoms with Gasteiger partial charge >= 0.3 is 0 Å². The van der Waals surface area contributed by atoms with Gasteiger partial charge in [-0.2, -0.15) is 5.26 Å². The minimum atomic E-state index is 0.394. The maximum absolute atomic E-state index is 8.96. The van der Waals surface area contributed by atoms with Crippen molar-refractivity contribution in [2.75, 3.05) is 36.0 Å². The Hall–Kier alpha value is -3.21. The van der Waals surface area contributed by atoms with Crippen LogP contribution < -0.4 is 9.80 Å². The van der Waals surface area contributed by atoms with Crippen LogP contribution in [0.5, 0.6) is 0 Å². The fraction of sp³-hybridized carbons (Fsp3) is 0.312. The second-order valence-electron chi connectivity index (χ2n) is 5.70. The van der Waals surface area contributed by atoms with Crippen molar-refractivity contribution >= 4 is 17.4 Å². The Morgan fingerprint density at radius 2 is 1.83 bits per heavy atom. The summed E-state index contributed by atoms with van der Waals surface area (Å²) in [5.74, 6) is 1.55. The lowest BCUT2D eigenvalue weighted by molar-refractivity contribution is 0.629. The zero-order valence-corrected chi connectivity index (χ0v) is 13.3. The molecule has 3 aromatic rings. The third-order valence-electron chi connectivity index (χ3n) is 4.07. The lowest BCUT2D eigenvalue weighted by atomic mass is 10.3. The van der Waals surface area contributed by atoms with Crippen LogP contribution in [0.2, 0.25) is 0 Å². The first-order chi connectivity index (χ1) is 11.7. The van der Waals surface area contributed by atoms with Gasteiger partial charge in [0.15, 0.2) is 5.65 Å². The number of imidazole rings is 1. The lowest BCUT2D eigenvalue weighted by Crippen LogP contribution is -2.47. The maximum Gasteiger partial charge on any atom is 0.226 e. The summed E-state index contributed by atoms with van der Waals surface area (Å²) < 4.78 is 1.82. The predicted molar refractivity (Wildman–Crippen MR) is 88.9 cm³/mol. The monoisotopic (exact) mass is 320 g/mol. The number of fused-ring (bicyclic) bond motifs is 1. The van der Waals surface area contributed by atoms with E-state index in [0.29, 0.717) is 11.6 Å². The minimum absolute atomic E-state index is 0.394. The molecule has 3 aromatic heterocycles. The van der Waals surface area contributed by atoms with Crippen molar-refractivity contribution in [3.8, 4) is 6.07 Å². The van der Waals surface area contributed by atoms with Gasteiger partial charge in [0.2, 0.25) is 5.95 Å². The van der Waals surface area contributed by atoms with Crippen molar-refractivity contribution < 1.29 is 0 Å². The predicted octanol–water partition coefficient (Wildman–Crippen LogP) is 1.03. The van der Waals surface area contributed by atoms with E-state index in [-0.39, 0.29) is 0 Å². The number of nitriles is 1. The van der Waals surface area contributed by atoms with Gasteiger partial charge in [-0.15, -0.1) is 5.10 Å². The third kappa shape index (κ3) is 2.60. The first-order valence-corrected chi connectivity index (χ1v) is 7.79. The molecule has 0 saturated carbocycles. The summed E-state index contributed by atoms with van der Waals surface area (Å²) >= 11 is 0. The molecule has 1 saturated heterocycles. The van der Waals surface area contributed by atoms with Crippen LogP contribution >= 0.6 is 0 Å². The van der Waals surface area contributed by atoms with Gasteiger partial charge in [-0.05, 0) is 25.1 Å². The summed E-state index contributed by atoms with van der Waals surface area (Å²) in [6, 6.07) is 7.66. The molecule has 4 rings (SSSR count). The van der Waals surface area contributed by atoms with E-state index in [0.717, 1.165) is 43.3 Å². The van der Waals surface area contributed by atoms with Crippen LogP contribution in [0.15, 0.2) is 30.6 Å². The summed E-state index contributed by atoms with van der Waals surface area (Å²) in [5.41, 5.74) is 2.21. The molecule has 1 fully saturated rings. The molecule has 0 unspecified atom stereocenters. The number of anilines is 2.